The maximum absolute atomic E-state index is 11.3. The van der Waals surface area contributed by atoms with Gasteiger partial charge in [0.15, 0.2) is 11.4 Å². The van der Waals surface area contributed by atoms with Gasteiger partial charge in [-0.2, -0.15) is 0 Å². The minimum atomic E-state index is -0.442. The van der Waals surface area contributed by atoms with E-state index >= 15 is 0 Å². The first kappa shape index (κ1) is 11.0. The summed E-state index contributed by atoms with van der Waals surface area (Å²) in [6.07, 6.45) is 1.22. The molecule has 88 valence electrons. The van der Waals surface area contributed by atoms with Crippen LogP contribution in [0.25, 0.3) is 0 Å². The lowest BCUT2D eigenvalue weighted by atomic mass is 10.2. The molecule has 6 nitrogen and oxygen atoms in total. The molecule has 0 saturated heterocycles. The van der Waals surface area contributed by atoms with Gasteiger partial charge in [-0.15, -0.1) is 0 Å². The highest BCUT2D eigenvalue weighted by molar-refractivity contribution is 5.59. The Balaban J connectivity index is 2.45. The molecule has 0 radical (unpaired) electrons. The zero-order valence-electron chi connectivity index (χ0n) is 9.23. The highest BCUT2D eigenvalue weighted by Gasteiger charge is 2.10. The first-order valence-corrected chi connectivity index (χ1v) is 4.95. The standard InChI is InChI=1S/C11H12N4O2/c1-6-3-2-4-7(12)9(6)17-11-8(13)10(16)14-5-15-11/h2-5H,12-13H2,1H3,(H,14,15,16). The van der Waals surface area contributed by atoms with Gasteiger partial charge < -0.3 is 21.2 Å². The van der Waals surface area contributed by atoms with Crippen LogP contribution in [0.5, 0.6) is 11.6 Å². The lowest BCUT2D eigenvalue weighted by molar-refractivity contribution is 0.462. The van der Waals surface area contributed by atoms with E-state index in [-0.39, 0.29) is 11.6 Å². The number of hydrogen-bond donors (Lipinski definition) is 3. The van der Waals surface area contributed by atoms with Gasteiger partial charge in [0.2, 0.25) is 5.88 Å². The number of rotatable bonds is 2. The van der Waals surface area contributed by atoms with Gasteiger partial charge in [0.05, 0.1) is 12.0 Å². The van der Waals surface area contributed by atoms with Crippen LogP contribution in [0.15, 0.2) is 29.3 Å². The van der Waals surface area contributed by atoms with Crippen LogP contribution in [0.2, 0.25) is 0 Å². The Kier molecular flexibility index (Phi) is 2.70. The van der Waals surface area contributed by atoms with E-state index in [1.165, 1.54) is 6.33 Å². The molecule has 0 bridgehead atoms. The van der Waals surface area contributed by atoms with Crippen molar-refractivity contribution in [3.63, 3.8) is 0 Å². The minimum Gasteiger partial charge on any atom is -0.434 e. The third-order valence-electron chi connectivity index (χ3n) is 2.29. The van der Waals surface area contributed by atoms with Gasteiger partial charge in [-0.1, -0.05) is 12.1 Å². The Labute approximate surface area is 97.2 Å². The summed E-state index contributed by atoms with van der Waals surface area (Å²) in [5.74, 6) is 0.507. The lowest BCUT2D eigenvalue weighted by Crippen LogP contribution is -2.13. The number of nitrogens with zero attached hydrogens (tertiary/aromatic N) is 1. The largest absolute Gasteiger partial charge is 0.434 e. The molecule has 6 heteroatoms. The molecule has 1 aromatic heterocycles. The fourth-order valence-corrected chi connectivity index (χ4v) is 1.39. The Morgan fingerprint density at radius 2 is 2.12 bits per heavy atom. The van der Waals surface area contributed by atoms with Gasteiger partial charge in [0.1, 0.15) is 0 Å². The number of nitrogens with two attached hydrogens (primary N) is 2. The van der Waals surface area contributed by atoms with Crippen molar-refractivity contribution in [3.8, 4) is 11.6 Å². The van der Waals surface area contributed by atoms with Crippen molar-refractivity contribution >= 4 is 11.4 Å². The first-order chi connectivity index (χ1) is 8.09. The molecule has 0 fully saturated rings. The second-order valence-corrected chi connectivity index (χ2v) is 3.55. The van der Waals surface area contributed by atoms with Crippen molar-refractivity contribution in [1.82, 2.24) is 9.97 Å². The van der Waals surface area contributed by atoms with Gasteiger partial charge in [-0.05, 0) is 18.6 Å². The normalized spacial score (nSPS) is 10.2. The number of hydrogen-bond acceptors (Lipinski definition) is 5. The molecule has 0 aliphatic carbocycles. The highest BCUT2D eigenvalue weighted by Crippen LogP contribution is 2.30. The lowest BCUT2D eigenvalue weighted by Gasteiger charge is -2.10. The molecule has 1 aromatic carbocycles. The maximum atomic E-state index is 11.3. The second kappa shape index (κ2) is 4.17. The molecule has 0 aliphatic heterocycles. The minimum absolute atomic E-state index is 0.0507. The quantitative estimate of drug-likeness (QED) is 0.670. The fourth-order valence-electron chi connectivity index (χ4n) is 1.39. The highest BCUT2D eigenvalue weighted by atomic mass is 16.5. The SMILES string of the molecule is Cc1cccc(N)c1Oc1nc[nH]c(=O)c1N. The molecule has 0 atom stereocenters. The summed E-state index contributed by atoms with van der Waals surface area (Å²) < 4.78 is 5.47. The zero-order chi connectivity index (χ0) is 12.4. The number of anilines is 2. The van der Waals surface area contributed by atoms with Crippen LogP contribution in [0, 0.1) is 6.92 Å². The average molecular weight is 232 g/mol. The van der Waals surface area contributed by atoms with Gasteiger partial charge in [-0.25, -0.2) is 4.98 Å². The van der Waals surface area contributed by atoms with Gasteiger partial charge in [0.25, 0.3) is 5.56 Å². The Hall–Kier alpha value is -2.50. The van der Waals surface area contributed by atoms with E-state index in [1.807, 2.05) is 19.1 Å². The van der Waals surface area contributed by atoms with Gasteiger partial charge in [0, 0.05) is 0 Å². The number of para-hydroxylation sites is 1. The number of benzene rings is 1. The number of nitrogens with one attached hydrogen (secondary N) is 1. The molecule has 0 spiro atoms. The van der Waals surface area contributed by atoms with Crippen molar-refractivity contribution in [2.45, 2.75) is 6.92 Å². The summed E-state index contributed by atoms with van der Waals surface area (Å²) in [4.78, 5) is 17.5. The monoisotopic (exact) mass is 232 g/mol. The summed E-state index contributed by atoms with van der Waals surface area (Å²) in [6.45, 7) is 1.84. The Bertz CT molecular complexity index is 586. The van der Waals surface area contributed by atoms with E-state index in [9.17, 15) is 4.79 Å². The number of H-pyrrole nitrogens is 1. The molecule has 0 amide bonds. The maximum Gasteiger partial charge on any atom is 0.277 e. The zero-order valence-corrected chi connectivity index (χ0v) is 9.23. The molecular weight excluding hydrogens is 220 g/mol. The van der Waals surface area contributed by atoms with Crippen molar-refractivity contribution in [2.24, 2.45) is 0 Å². The summed E-state index contributed by atoms with van der Waals surface area (Å²) >= 11 is 0. The summed E-state index contributed by atoms with van der Waals surface area (Å²) in [5, 5.41) is 0. The molecule has 0 aliphatic rings. The third kappa shape index (κ3) is 2.05. The van der Waals surface area contributed by atoms with E-state index in [0.29, 0.717) is 11.4 Å². The summed E-state index contributed by atoms with van der Waals surface area (Å²) in [6, 6.07) is 5.35. The molecule has 0 saturated carbocycles. The molecule has 5 N–H and O–H groups in total. The number of aromatic amines is 1. The van der Waals surface area contributed by atoms with Crippen LogP contribution in [-0.2, 0) is 0 Å². The van der Waals surface area contributed by atoms with Crippen molar-refractivity contribution in [2.75, 3.05) is 11.5 Å². The van der Waals surface area contributed by atoms with Crippen molar-refractivity contribution < 1.29 is 4.74 Å². The molecule has 0 unspecified atom stereocenters. The van der Waals surface area contributed by atoms with Crippen LogP contribution in [0.4, 0.5) is 11.4 Å². The Morgan fingerprint density at radius 1 is 1.35 bits per heavy atom. The molecule has 2 rings (SSSR count). The van der Waals surface area contributed by atoms with Crippen LogP contribution >= 0.6 is 0 Å². The number of ether oxygens (including phenoxy) is 1. The Morgan fingerprint density at radius 3 is 2.82 bits per heavy atom. The van der Waals surface area contributed by atoms with Crippen LogP contribution in [-0.4, -0.2) is 9.97 Å². The van der Waals surface area contributed by atoms with E-state index in [0.717, 1.165) is 5.56 Å². The van der Waals surface area contributed by atoms with Crippen molar-refractivity contribution in [1.29, 1.82) is 0 Å². The van der Waals surface area contributed by atoms with E-state index in [1.54, 1.807) is 6.07 Å². The van der Waals surface area contributed by atoms with Gasteiger partial charge in [-0.3, -0.25) is 4.79 Å². The number of aryl methyl sites for hydroxylation is 1. The van der Waals surface area contributed by atoms with E-state index < -0.39 is 5.56 Å². The fraction of sp³-hybridized carbons (Fsp3) is 0.0909. The van der Waals surface area contributed by atoms with Crippen molar-refractivity contribution in [3.05, 3.63) is 40.4 Å². The number of nitrogen functional groups attached to an aromatic ring is 2. The average Bonchev–Trinajstić information content (AvgIpc) is 2.29. The van der Waals surface area contributed by atoms with Crippen LogP contribution < -0.4 is 21.8 Å². The molecular formula is C11H12N4O2. The van der Waals surface area contributed by atoms with Gasteiger partial charge >= 0.3 is 0 Å². The second-order valence-electron chi connectivity index (χ2n) is 3.55. The summed E-state index contributed by atoms with van der Waals surface area (Å²) in [5.41, 5.74) is 12.1. The topological polar surface area (TPSA) is 107 Å². The predicted octanol–water partition coefficient (Wildman–Crippen LogP) is 1.04. The summed E-state index contributed by atoms with van der Waals surface area (Å²) in [7, 11) is 0. The molecule has 1 heterocycles. The molecule has 17 heavy (non-hydrogen) atoms. The number of aromatic nitrogens is 2. The van der Waals surface area contributed by atoms with Crippen LogP contribution in [0.1, 0.15) is 5.56 Å². The van der Waals surface area contributed by atoms with E-state index in [2.05, 4.69) is 9.97 Å². The molecule has 2 aromatic rings. The van der Waals surface area contributed by atoms with E-state index in [4.69, 9.17) is 16.2 Å². The van der Waals surface area contributed by atoms with Crippen LogP contribution in [0.3, 0.4) is 0 Å². The predicted molar refractivity (Wildman–Crippen MR) is 64.9 cm³/mol. The third-order valence-corrected chi connectivity index (χ3v) is 2.29. The first-order valence-electron chi connectivity index (χ1n) is 4.95. The smallest absolute Gasteiger partial charge is 0.277 e.